The van der Waals surface area contributed by atoms with Crippen molar-refractivity contribution >= 4 is 99.0 Å². The van der Waals surface area contributed by atoms with Crippen LogP contribution in [0.1, 0.15) is 76.5 Å². The Kier molecular flexibility index (Phi) is 26.1. The Morgan fingerprint density at radius 3 is 1.93 bits per heavy atom. The lowest BCUT2D eigenvalue weighted by Crippen LogP contribution is -2.62. The van der Waals surface area contributed by atoms with Gasteiger partial charge in [0.05, 0.1) is 12.5 Å². The number of phenolic OH excluding ortho intramolecular Hbond substituents is 1. The van der Waals surface area contributed by atoms with Gasteiger partial charge in [-0.3, -0.25) is 58.4 Å². The van der Waals surface area contributed by atoms with E-state index >= 15 is 0 Å². The highest BCUT2D eigenvalue weighted by molar-refractivity contribution is 7.80. The number of nitrogens with one attached hydrogen (secondary N) is 11. The summed E-state index contributed by atoms with van der Waals surface area (Å²) in [5, 5.41) is 41.9. The second kappa shape index (κ2) is 33.3. The fraction of sp³-hybridized carbons (Fsp3) is 0.431. The van der Waals surface area contributed by atoms with E-state index in [-0.39, 0.29) is 80.5 Å². The van der Waals surface area contributed by atoms with E-state index in [0.29, 0.717) is 16.7 Å². The molecule has 3 aromatic carbocycles. The van der Waals surface area contributed by atoms with Gasteiger partial charge in [-0.05, 0) is 73.4 Å². The third-order valence-electron chi connectivity index (χ3n) is 14.1. The number of aliphatic hydroxyl groups excluding tert-OH is 1. The topological polar surface area (TPSA) is 458 Å². The number of carbonyl (C=O) groups excluding carboxylic acids is 11. The Morgan fingerprint density at radius 1 is 0.682 bits per heavy atom. The second-order valence-corrected chi connectivity index (χ2v) is 22.0. The number of carbonyl (C=O) groups is 11. The predicted molar refractivity (Wildman–Crippen MR) is 326 cm³/mol. The zero-order valence-electron chi connectivity index (χ0n) is 49.3. The second-order valence-electron chi connectivity index (χ2n) is 21.5. The van der Waals surface area contributed by atoms with Gasteiger partial charge in [0.15, 0.2) is 5.96 Å². The minimum atomic E-state index is -1.88. The maximum atomic E-state index is 14.1. The van der Waals surface area contributed by atoms with Crippen LogP contribution in [-0.2, 0) is 67.2 Å². The number of primary amides is 2. The summed E-state index contributed by atoms with van der Waals surface area (Å²) in [5.74, 6) is -9.26. The zero-order chi connectivity index (χ0) is 64.8. The van der Waals surface area contributed by atoms with Crippen LogP contribution < -0.4 is 70.6 Å². The number of aromatic nitrogens is 1. The van der Waals surface area contributed by atoms with Gasteiger partial charge in [-0.1, -0.05) is 86.7 Å². The summed E-state index contributed by atoms with van der Waals surface area (Å²) in [7, 11) is 1.48. The molecule has 29 nitrogen and oxygen atoms in total. The molecule has 0 spiro atoms. The van der Waals surface area contributed by atoms with Crippen molar-refractivity contribution in [1.82, 2.24) is 63.3 Å². The molecule has 30 heteroatoms. The molecule has 474 valence electrons. The first-order valence-corrected chi connectivity index (χ1v) is 28.7. The van der Waals surface area contributed by atoms with Crippen LogP contribution in [0.3, 0.4) is 0 Å². The van der Waals surface area contributed by atoms with Gasteiger partial charge >= 0.3 is 6.03 Å². The number of aliphatic hydroxyl groups is 1. The number of likely N-dealkylation sites (tertiary alicyclic amines) is 1. The molecule has 1 aliphatic heterocycles. The predicted octanol–water partition coefficient (Wildman–Crippen LogP) is -2.40. The molecule has 4 aromatic rings. The van der Waals surface area contributed by atoms with Crippen LogP contribution in [0.4, 0.5) is 4.79 Å². The average Bonchev–Trinajstić information content (AvgIpc) is 3.28. The lowest BCUT2D eigenvalue weighted by molar-refractivity contribution is -0.141. The van der Waals surface area contributed by atoms with Crippen LogP contribution in [0.2, 0.25) is 0 Å². The van der Waals surface area contributed by atoms with E-state index in [2.05, 4.69) is 63.4 Å². The summed E-state index contributed by atoms with van der Waals surface area (Å²) in [6.07, 6.45) is -0.725. The van der Waals surface area contributed by atoms with Gasteiger partial charge in [0.2, 0.25) is 53.2 Å². The van der Waals surface area contributed by atoms with Gasteiger partial charge in [-0.25, -0.2) is 10.2 Å². The van der Waals surface area contributed by atoms with Crippen molar-refractivity contribution in [2.45, 2.75) is 134 Å². The molecule has 0 radical (unpaired) electrons. The molecule has 0 bridgehead atoms. The van der Waals surface area contributed by atoms with Gasteiger partial charge < -0.3 is 79.8 Å². The Labute approximate surface area is 512 Å². The molecule has 5 rings (SSSR count). The molecule has 1 saturated heterocycles. The highest BCUT2D eigenvalue weighted by Crippen LogP contribution is 2.22. The van der Waals surface area contributed by atoms with Gasteiger partial charge in [-0.2, -0.15) is 0 Å². The first-order valence-electron chi connectivity index (χ1n) is 28.3. The number of phenols is 1. The summed E-state index contributed by atoms with van der Waals surface area (Å²) >= 11 is 5.49. The van der Waals surface area contributed by atoms with Crippen molar-refractivity contribution in [2.75, 3.05) is 20.1 Å². The number of nitrogens with zero attached hydrogens (tertiary/aromatic N) is 2. The summed E-state index contributed by atoms with van der Waals surface area (Å²) in [6, 6.07) is 8.64. The van der Waals surface area contributed by atoms with Crippen molar-refractivity contribution in [2.24, 2.45) is 28.1 Å². The van der Waals surface area contributed by atoms with E-state index < -0.39 is 126 Å². The molecule has 12 amide bonds. The van der Waals surface area contributed by atoms with E-state index in [4.69, 9.17) is 29.4 Å². The highest BCUT2D eigenvalue weighted by Gasteiger charge is 2.43. The van der Waals surface area contributed by atoms with Crippen LogP contribution in [0.15, 0.2) is 90.1 Å². The number of hydrogen-bond acceptors (Lipinski definition) is 15. The number of aromatic amines is 1. The number of hydrazine groups is 1. The lowest BCUT2D eigenvalue weighted by atomic mass is 10.0. The molecule has 0 aliphatic carbocycles. The Hall–Kier alpha value is -9.71. The van der Waals surface area contributed by atoms with Crippen molar-refractivity contribution in [3.63, 3.8) is 0 Å². The number of rotatable bonds is 30. The van der Waals surface area contributed by atoms with Crippen LogP contribution in [-0.4, -0.2) is 171 Å². The van der Waals surface area contributed by atoms with Crippen LogP contribution in [0.5, 0.6) is 5.75 Å². The number of amides is 12. The number of aliphatic imine (C=N–C) groups is 1. The number of guanidine groups is 1. The molecule has 19 N–H and O–H groups in total. The first kappa shape index (κ1) is 69.1. The number of aromatic hydroxyl groups is 1. The van der Waals surface area contributed by atoms with E-state index in [1.165, 1.54) is 26.1 Å². The van der Waals surface area contributed by atoms with Gasteiger partial charge in [0.1, 0.15) is 54.1 Å². The smallest absolute Gasteiger partial charge is 0.334 e. The Bertz CT molecular complexity index is 3200. The van der Waals surface area contributed by atoms with Crippen molar-refractivity contribution < 1.29 is 63.0 Å². The number of urea groups is 1. The molecule has 1 aliphatic rings. The fourth-order valence-electron chi connectivity index (χ4n) is 9.61. The third kappa shape index (κ3) is 21.1. The van der Waals surface area contributed by atoms with Crippen molar-refractivity contribution in [3.05, 3.63) is 102 Å². The minimum Gasteiger partial charge on any atom is -0.508 e. The summed E-state index contributed by atoms with van der Waals surface area (Å²) in [6.45, 7) is 6.05. The van der Waals surface area contributed by atoms with E-state index in [0.717, 1.165) is 22.7 Å². The Morgan fingerprint density at radius 2 is 1.30 bits per heavy atom. The van der Waals surface area contributed by atoms with Crippen LogP contribution in [0, 0.1) is 5.92 Å². The number of hydrogen-bond donors (Lipinski definition) is 16. The first-order chi connectivity index (χ1) is 41.7. The van der Waals surface area contributed by atoms with Gasteiger partial charge in [0.25, 0.3) is 5.91 Å². The number of H-pyrrole nitrogens is 1. The standard InChI is InChI=1S/C58H78N16O13S/c1-30(2)24-41(51(81)66-39(16-11-22-63-57(61)62-5)50(80)67-40(49(60)79)27-35-29-64-38-15-10-9-14-37(35)38)70-58(87)73-72-53(83)42(25-33-12-7-6-8-13-33)68-54(84)47(31(3)75)71-52(82)43(28-46(59)78)69-55(85)48-45(88)21-23-74(48)56(86)44(65-32(4)76)26-34-17-19-36(77)20-18-34/h6-10,12-15,17-20,29-31,39-44,47-48,64,75,77H,11,16,21-28H2,1-5H3,(H2,59,78)(H2,60,79)(H,65,76)(H,66,81)(H,67,80)(H,68,84)(H,69,85)(H,71,82)(H,72,83)(H3,61,62,63)(H2,70,73,87)/t31-,39+,40+,41+,42+,43+,44-,47+,48+/m1/s1. The van der Waals surface area contributed by atoms with Crippen LogP contribution >= 0.6 is 12.2 Å². The number of nitrogens with two attached hydrogens (primary N) is 3. The van der Waals surface area contributed by atoms with Gasteiger partial charge in [-0.15, -0.1) is 0 Å². The summed E-state index contributed by atoms with van der Waals surface area (Å²) < 4.78 is 0. The normalized spacial score (nSPS) is 15.8. The number of benzene rings is 3. The molecule has 1 fully saturated rings. The zero-order valence-corrected chi connectivity index (χ0v) is 50.2. The number of fused-ring (bicyclic) bond motifs is 1. The molecule has 9 atom stereocenters. The molecule has 88 heavy (non-hydrogen) atoms. The molecule has 0 unspecified atom stereocenters. The van der Waals surface area contributed by atoms with Crippen molar-refractivity contribution in [1.29, 1.82) is 0 Å². The average molecular weight is 1240 g/mol. The fourth-order valence-corrected chi connectivity index (χ4v) is 9.94. The Balaban J connectivity index is 1.28. The quantitative estimate of drug-likeness (QED) is 0.00851. The van der Waals surface area contributed by atoms with Gasteiger partial charge in [0, 0.05) is 68.3 Å². The monoisotopic (exact) mass is 1240 g/mol. The van der Waals surface area contributed by atoms with Crippen molar-refractivity contribution in [3.8, 4) is 5.75 Å². The van der Waals surface area contributed by atoms with E-state index in [9.17, 15) is 63.0 Å². The lowest BCUT2D eigenvalue weighted by Gasteiger charge is -2.30. The third-order valence-corrected chi connectivity index (χ3v) is 14.5. The van der Waals surface area contributed by atoms with E-state index in [1.807, 2.05) is 24.3 Å². The van der Waals surface area contributed by atoms with Crippen LogP contribution in [0.25, 0.3) is 10.9 Å². The minimum absolute atomic E-state index is 0.0155. The molecule has 0 saturated carbocycles. The maximum Gasteiger partial charge on any atom is 0.334 e. The maximum absolute atomic E-state index is 14.1. The van der Waals surface area contributed by atoms with E-state index in [1.54, 1.807) is 62.5 Å². The highest BCUT2D eigenvalue weighted by atomic mass is 32.1. The molecular formula is C58H78N16O13S. The number of para-hydroxylation sites is 1. The molecule has 1 aromatic heterocycles. The molecule has 2 heterocycles. The summed E-state index contributed by atoms with van der Waals surface area (Å²) in [5.41, 5.74) is 24.0. The largest absolute Gasteiger partial charge is 0.508 e. The number of thiocarbonyl (C=S) groups is 1. The SMILES string of the molecule is CN=C(N)NCCC[C@H](NC(=O)[C@H](CC(C)C)NC(=O)NNC(=O)[C@H](Cc1ccccc1)NC(=O)[C@@H](NC(=O)[C@H](CC(N)=O)NC(=O)[C@@H]1C(=S)CCN1C(=O)[C@@H](Cc1ccc(O)cc1)NC(C)=O)[C@@H](C)O)C(=O)N[C@@H](Cc1c[nH]c2ccccc12)C(N)=O. The summed E-state index contributed by atoms with van der Waals surface area (Å²) in [4.78, 5) is 158. The molecular weight excluding hydrogens is 1160 g/mol.